The van der Waals surface area contributed by atoms with Gasteiger partial charge >= 0.3 is 6.03 Å². The van der Waals surface area contributed by atoms with Gasteiger partial charge in [0.25, 0.3) is 0 Å². The molecule has 0 aromatic carbocycles. The number of piperazine rings is 1. The molecule has 2 amide bonds. The summed E-state index contributed by atoms with van der Waals surface area (Å²) in [5.41, 5.74) is 3.06. The number of nitrogens with zero attached hydrogens (tertiary/aromatic N) is 6. The van der Waals surface area contributed by atoms with Crippen LogP contribution in [0.25, 0.3) is 16.6 Å². The number of amides is 2. The zero-order valence-corrected chi connectivity index (χ0v) is 21.7. The minimum atomic E-state index is 0.0935. The molecule has 6 aliphatic rings. The van der Waals surface area contributed by atoms with E-state index >= 15 is 0 Å². The van der Waals surface area contributed by atoms with E-state index < -0.39 is 0 Å². The molecule has 39 heavy (non-hydrogen) atoms. The molecule has 10 nitrogen and oxygen atoms in total. The second kappa shape index (κ2) is 8.85. The molecule has 3 aromatic heterocycles. The van der Waals surface area contributed by atoms with E-state index in [9.17, 15) is 10.1 Å². The third kappa shape index (κ3) is 3.98. The highest BCUT2D eigenvalue weighted by Crippen LogP contribution is 2.52. The van der Waals surface area contributed by atoms with E-state index in [1.54, 1.807) is 10.7 Å². The lowest BCUT2D eigenvalue weighted by Crippen LogP contribution is -2.71. The molecule has 4 atom stereocenters. The molecule has 4 unspecified atom stereocenters. The summed E-state index contributed by atoms with van der Waals surface area (Å²) < 4.78 is 13.4. The average Bonchev–Trinajstić information content (AvgIpc) is 3.77. The Hall–Kier alpha value is -3.84. The lowest BCUT2D eigenvalue weighted by molar-refractivity contribution is 0.0365. The Morgan fingerprint density at radius 1 is 1.18 bits per heavy atom. The first-order chi connectivity index (χ1) is 19.2. The zero-order valence-electron chi connectivity index (χ0n) is 21.7. The second-order valence-corrected chi connectivity index (χ2v) is 11.7. The van der Waals surface area contributed by atoms with Crippen molar-refractivity contribution in [2.24, 2.45) is 17.8 Å². The lowest BCUT2D eigenvalue weighted by atomic mass is 9.88. The summed E-state index contributed by atoms with van der Waals surface area (Å²) >= 11 is 0. The van der Waals surface area contributed by atoms with E-state index in [-0.39, 0.29) is 18.1 Å². The van der Waals surface area contributed by atoms with E-state index in [0.29, 0.717) is 36.0 Å². The maximum Gasteiger partial charge on any atom is 0.318 e. The van der Waals surface area contributed by atoms with Crippen LogP contribution >= 0.6 is 0 Å². The Kier molecular flexibility index (Phi) is 5.24. The lowest BCUT2D eigenvalue weighted by Gasteiger charge is -2.56. The summed E-state index contributed by atoms with van der Waals surface area (Å²) in [5, 5.41) is 17.3. The number of hydrogen-bond acceptors (Lipinski definition) is 7. The fourth-order valence-electron chi connectivity index (χ4n) is 6.92. The number of ether oxygens (including phenoxy) is 2. The number of pyridine rings is 2. The second-order valence-electron chi connectivity index (χ2n) is 11.7. The number of anilines is 1. The van der Waals surface area contributed by atoms with Crippen LogP contribution in [0.15, 0.2) is 36.8 Å². The molecule has 200 valence electrons. The summed E-state index contributed by atoms with van der Waals surface area (Å²) in [5.74, 6) is 3.79. The molecule has 4 aliphatic heterocycles. The summed E-state index contributed by atoms with van der Waals surface area (Å²) in [4.78, 5) is 21.7. The van der Waals surface area contributed by atoms with Crippen LogP contribution in [0.3, 0.4) is 0 Å². The first kappa shape index (κ1) is 23.1. The molecule has 10 heteroatoms. The smallest absolute Gasteiger partial charge is 0.318 e. The van der Waals surface area contributed by atoms with Gasteiger partial charge in [-0.05, 0) is 61.6 Å². The Morgan fingerprint density at radius 2 is 2.00 bits per heavy atom. The molecular weight excluding hydrogens is 494 g/mol. The summed E-state index contributed by atoms with van der Waals surface area (Å²) in [6.45, 7) is 4.03. The first-order valence-corrected chi connectivity index (χ1v) is 14.1. The Bertz CT molecular complexity index is 1450. The molecule has 7 heterocycles. The summed E-state index contributed by atoms with van der Waals surface area (Å²) in [7, 11) is 0. The minimum Gasteiger partial charge on any atom is -0.492 e. The fraction of sp³-hybridized carbons (Fsp3) is 0.517. The summed E-state index contributed by atoms with van der Waals surface area (Å²) in [6.07, 6.45) is 9.61. The third-order valence-electron chi connectivity index (χ3n) is 9.27. The van der Waals surface area contributed by atoms with Crippen molar-refractivity contribution in [3.8, 4) is 22.9 Å². The van der Waals surface area contributed by atoms with Gasteiger partial charge in [0.05, 0.1) is 55.4 Å². The number of hydrogen-bond donors (Lipinski definition) is 1. The van der Waals surface area contributed by atoms with Crippen LogP contribution in [-0.4, -0.2) is 76.6 Å². The van der Waals surface area contributed by atoms with Crippen LogP contribution in [0.1, 0.15) is 31.2 Å². The molecule has 2 bridgehead atoms. The van der Waals surface area contributed by atoms with Crippen LogP contribution in [0.2, 0.25) is 0 Å². The van der Waals surface area contributed by atoms with Crippen molar-refractivity contribution in [2.45, 2.75) is 43.8 Å². The van der Waals surface area contributed by atoms with Crippen molar-refractivity contribution < 1.29 is 14.3 Å². The maximum atomic E-state index is 12.6. The van der Waals surface area contributed by atoms with Crippen LogP contribution in [0, 0.1) is 29.1 Å². The number of piperidine rings is 1. The molecule has 2 saturated carbocycles. The molecule has 1 N–H and O–H groups in total. The van der Waals surface area contributed by atoms with Gasteiger partial charge in [-0.3, -0.25) is 0 Å². The van der Waals surface area contributed by atoms with Gasteiger partial charge in [0, 0.05) is 36.5 Å². The highest BCUT2D eigenvalue weighted by atomic mass is 16.5. The maximum absolute atomic E-state index is 12.6. The van der Waals surface area contributed by atoms with E-state index in [1.807, 2.05) is 29.4 Å². The predicted octanol–water partition coefficient (Wildman–Crippen LogP) is 3.06. The SMILES string of the molecule is N#Cc1cnn2cc(OCCC3C4COCC34)cc(-c3ccc(N4CC5CC(C4)N5C(=O)NC4CC4)nc3)c12. The van der Waals surface area contributed by atoms with Gasteiger partial charge in [-0.15, -0.1) is 0 Å². The van der Waals surface area contributed by atoms with Gasteiger partial charge in [0.2, 0.25) is 0 Å². The summed E-state index contributed by atoms with van der Waals surface area (Å²) in [6, 6.07) is 9.31. The average molecular weight is 526 g/mol. The molecule has 4 saturated heterocycles. The number of rotatable bonds is 7. The highest BCUT2D eigenvalue weighted by Gasteiger charge is 2.53. The van der Waals surface area contributed by atoms with Crippen LogP contribution in [0.5, 0.6) is 5.75 Å². The van der Waals surface area contributed by atoms with Crippen LogP contribution in [-0.2, 0) is 4.74 Å². The largest absolute Gasteiger partial charge is 0.492 e. The van der Waals surface area contributed by atoms with Crippen LogP contribution in [0.4, 0.5) is 10.6 Å². The van der Waals surface area contributed by atoms with Crippen molar-refractivity contribution >= 4 is 17.4 Å². The fourth-order valence-corrected chi connectivity index (χ4v) is 6.92. The number of carbonyl (C=O) groups is 1. The normalized spacial score (nSPS) is 28.5. The monoisotopic (exact) mass is 525 g/mol. The van der Waals surface area contributed by atoms with Gasteiger partial charge in [0.15, 0.2) is 0 Å². The van der Waals surface area contributed by atoms with Crippen molar-refractivity contribution in [1.29, 1.82) is 5.26 Å². The Morgan fingerprint density at radius 3 is 2.72 bits per heavy atom. The molecule has 0 spiro atoms. The van der Waals surface area contributed by atoms with E-state index in [4.69, 9.17) is 14.5 Å². The predicted molar refractivity (Wildman–Crippen MR) is 142 cm³/mol. The molecular formula is C29H31N7O3. The minimum absolute atomic E-state index is 0.0935. The van der Waals surface area contributed by atoms with E-state index in [1.165, 1.54) is 0 Å². The number of nitrogens with one attached hydrogen (secondary N) is 1. The molecule has 6 fully saturated rings. The number of urea groups is 1. The van der Waals surface area contributed by atoms with E-state index in [0.717, 1.165) is 80.2 Å². The van der Waals surface area contributed by atoms with Gasteiger partial charge in [-0.25, -0.2) is 14.3 Å². The number of fused-ring (bicyclic) bond motifs is 4. The molecule has 3 aromatic rings. The molecule has 9 rings (SSSR count). The van der Waals surface area contributed by atoms with Crippen molar-refractivity contribution in [3.63, 3.8) is 0 Å². The molecule has 2 aliphatic carbocycles. The Labute approximate surface area is 226 Å². The van der Waals surface area contributed by atoms with E-state index in [2.05, 4.69) is 27.5 Å². The Balaban J connectivity index is 0.990. The van der Waals surface area contributed by atoms with Gasteiger partial charge in [-0.2, -0.15) is 10.4 Å². The van der Waals surface area contributed by atoms with Gasteiger partial charge in [0.1, 0.15) is 17.6 Å². The standard InChI is InChI=1S/C29H31N7O3/c30-9-18-11-32-35-14-22(39-6-5-23-25-15-38-16-26(23)25)8-24(28(18)35)17-1-4-27(31-10-17)34-12-20-7-21(13-34)36(20)29(37)33-19-2-3-19/h1,4,8,10-11,14,19-21,23,25-26H,2-3,5-7,12-13,15-16H2,(H,33,37). The first-order valence-electron chi connectivity index (χ1n) is 14.1. The number of carbonyl (C=O) groups excluding carboxylic acids is 1. The topological polar surface area (TPSA) is 108 Å². The molecule has 0 radical (unpaired) electrons. The highest BCUT2D eigenvalue weighted by molar-refractivity contribution is 5.85. The quantitative estimate of drug-likeness (QED) is 0.505. The number of aromatic nitrogens is 3. The van der Waals surface area contributed by atoms with Crippen molar-refractivity contribution in [2.75, 3.05) is 37.8 Å². The van der Waals surface area contributed by atoms with Crippen LogP contribution < -0.4 is 15.0 Å². The van der Waals surface area contributed by atoms with Gasteiger partial charge < -0.3 is 24.6 Å². The van der Waals surface area contributed by atoms with Gasteiger partial charge in [-0.1, -0.05) is 0 Å². The number of nitriles is 1. The zero-order chi connectivity index (χ0) is 26.1. The third-order valence-corrected chi connectivity index (χ3v) is 9.27. The van der Waals surface area contributed by atoms with Crippen molar-refractivity contribution in [1.82, 2.24) is 24.8 Å². The van der Waals surface area contributed by atoms with Crippen molar-refractivity contribution in [3.05, 3.63) is 42.4 Å².